The topological polar surface area (TPSA) is 86.6 Å². The number of benzene rings is 2. The second-order valence-electron chi connectivity index (χ2n) is 4.60. The number of sulfone groups is 1. The molecule has 0 saturated heterocycles. The van der Waals surface area contributed by atoms with Crippen LogP contribution in [0.25, 0.3) is 0 Å². The summed E-state index contributed by atoms with van der Waals surface area (Å²) < 4.78 is 23.4. The van der Waals surface area contributed by atoms with Gasteiger partial charge in [0.25, 0.3) is 0 Å². The fraction of sp³-hybridized carbons (Fsp3) is 0.200. The summed E-state index contributed by atoms with van der Waals surface area (Å²) >= 11 is 0. The third-order valence-electron chi connectivity index (χ3n) is 3.13. The fourth-order valence-electron chi connectivity index (χ4n) is 1.83. The Labute approximate surface area is 123 Å². The molecule has 0 aliphatic rings. The molecule has 3 N–H and O–H groups in total. The van der Waals surface area contributed by atoms with Crippen LogP contribution >= 0.6 is 0 Å². The van der Waals surface area contributed by atoms with Crippen LogP contribution in [0.4, 0.5) is 5.69 Å². The Morgan fingerprint density at radius 1 is 1.00 bits per heavy atom. The Hall–Kier alpha value is -2.21. The monoisotopic (exact) mass is 307 g/mol. The van der Waals surface area contributed by atoms with Crippen molar-refractivity contribution in [2.45, 2.75) is 18.4 Å². The molecule has 2 rings (SSSR count). The van der Waals surface area contributed by atoms with E-state index in [0.29, 0.717) is 11.4 Å². The van der Waals surface area contributed by atoms with E-state index in [2.05, 4.69) is 5.32 Å². The number of hydrogen-bond donors (Lipinski definition) is 3. The Bertz CT molecular complexity index is 724. The van der Waals surface area contributed by atoms with E-state index >= 15 is 0 Å². The highest BCUT2D eigenvalue weighted by Crippen LogP contribution is 2.25. The van der Waals surface area contributed by atoms with Gasteiger partial charge in [-0.05, 0) is 42.0 Å². The lowest BCUT2D eigenvalue weighted by Gasteiger charge is -2.08. The molecule has 2 aromatic rings. The van der Waals surface area contributed by atoms with Gasteiger partial charge in [0.2, 0.25) is 0 Å². The van der Waals surface area contributed by atoms with Crippen molar-refractivity contribution in [3.05, 3.63) is 48.0 Å². The normalized spacial score (nSPS) is 11.3. The first-order valence-electron chi connectivity index (χ1n) is 6.50. The predicted octanol–water partition coefficient (Wildman–Crippen LogP) is 2.50. The Morgan fingerprint density at radius 3 is 2.24 bits per heavy atom. The molecule has 112 valence electrons. The molecule has 2 aromatic carbocycles. The van der Waals surface area contributed by atoms with E-state index in [1.165, 1.54) is 12.1 Å². The van der Waals surface area contributed by atoms with Gasteiger partial charge in [-0.1, -0.05) is 13.0 Å². The summed E-state index contributed by atoms with van der Waals surface area (Å²) in [6.07, 6.45) is 0. The number of aromatic hydroxyl groups is 2. The SMILES string of the molecule is CCS(=O)(=O)c1ccc(NCc2ccc(O)c(O)c2)cc1. The van der Waals surface area contributed by atoms with Crippen molar-refractivity contribution in [3.8, 4) is 11.5 Å². The smallest absolute Gasteiger partial charge is 0.178 e. The van der Waals surface area contributed by atoms with E-state index in [9.17, 15) is 18.6 Å². The van der Waals surface area contributed by atoms with Crippen molar-refractivity contribution < 1.29 is 18.6 Å². The van der Waals surface area contributed by atoms with Crippen LogP contribution in [0.15, 0.2) is 47.4 Å². The minimum absolute atomic E-state index is 0.0760. The zero-order valence-electron chi connectivity index (χ0n) is 11.6. The molecule has 6 heteroatoms. The first-order valence-corrected chi connectivity index (χ1v) is 8.15. The molecule has 0 spiro atoms. The minimum Gasteiger partial charge on any atom is -0.504 e. The molecule has 0 fully saturated rings. The number of phenols is 2. The molecular weight excluding hydrogens is 290 g/mol. The third kappa shape index (κ3) is 3.66. The first kappa shape index (κ1) is 15.2. The molecule has 0 heterocycles. The van der Waals surface area contributed by atoms with Crippen molar-refractivity contribution in [1.29, 1.82) is 0 Å². The molecule has 0 atom stereocenters. The molecular formula is C15H17NO4S. The molecule has 0 aromatic heterocycles. The van der Waals surface area contributed by atoms with Crippen molar-refractivity contribution in [2.24, 2.45) is 0 Å². The summed E-state index contributed by atoms with van der Waals surface area (Å²) in [6, 6.07) is 11.1. The minimum atomic E-state index is -3.18. The molecule has 0 bridgehead atoms. The van der Waals surface area contributed by atoms with Crippen LogP contribution in [0.1, 0.15) is 12.5 Å². The van der Waals surface area contributed by atoms with Crippen LogP contribution in [0, 0.1) is 0 Å². The second-order valence-corrected chi connectivity index (χ2v) is 6.88. The molecule has 0 aliphatic heterocycles. The predicted molar refractivity (Wildman–Crippen MR) is 81.3 cm³/mol. The molecule has 5 nitrogen and oxygen atoms in total. The molecule has 0 unspecified atom stereocenters. The van der Waals surface area contributed by atoms with E-state index in [0.717, 1.165) is 11.3 Å². The maximum absolute atomic E-state index is 11.7. The first-order chi connectivity index (χ1) is 9.92. The highest BCUT2D eigenvalue weighted by molar-refractivity contribution is 7.91. The summed E-state index contributed by atoms with van der Waals surface area (Å²) in [7, 11) is -3.18. The van der Waals surface area contributed by atoms with Gasteiger partial charge < -0.3 is 15.5 Å². The van der Waals surface area contributed by atoms with Crippen molar-refractivity contribution in [1.82, 2.24) is 0 Å². The Morgan fingerprint density at radius 2 is 1.67 bits per heavy atom. The van der Waals surface area contributed by atoms with Gasteiger partial charge in [0.1, 0.15) is 0 Å². The lowest BCUT2D eigenvalue weighted by molar-refractivity contribution is 0.403. The van der Waals surface area contributed by atoms with Crippen LogP contribution in [-0.4, -0.2) is 24.4 Å². The van der Waals surface area contributed by atoms with Gasteiger partial charge in [-0.15, -0.1) is 0 Å². The van der Waals surface area contributed by atoms with Gasteiger partial charge in [-0.3, -0.25) is 0 Å². The molecule has 0 aliphatic carbocycles. The van der Waals surface area contributed by atoms with Crippen LogP contribution in [0.5, 0.6) is 11.5 Å². The van der Waals surface area contributed by atoms with Gasteiger partial charge in [0, 0.05) is 12.2 Å². The Balaban J connectivity index is 2.05. The molecule has 0 saturated carbocycles. The lowest BCUT2D eigenvalue weighted by atomic mass is 10.2. The van der Waals surface area contributed by atoms with Crippen molar-refractivity contribution >= 4 is 15.5 Å². The second kappa shape index (κ2) is 6.05. The van der Waals surface area contributed by atoms with E-state index in [1.807, 2.05) is 0 Å². The summed E-state index contributed by atoms with van der Waals surface area (Å²) in [4.78, 5) is 0.304. The number of nitrogens with one attached hydrogen (secondary N) is 1. The lowest BCUT2D eigenvalue weighted by Crippen LogP contribution is -2.04. The van der Waals surface area contributed by atoms with Gasteiger partial charge in [-0.2, -0.15) is 0 Å². The number of hydrogen-bond acceptors (Lipinski definition) is 5. The average molecular weight is 307 g/mol. The highest BCUT2D eigenvalue weighted by atomic mass is 32.2. The molecule has 21 heavy (non-hydrogen) atoms. The van der Waals surface area contributed by atoms with Gasteiger partial charge in [0.05, 0.1) is 10.6 Å². The van der Waals surface area contributed by atoms with Crippen LogP contribution in [0.3, 0.4) is 0 Å². The van der Waals surface area contributed by atoms with Gasteiger partial charge >= 0.3 is 0 Å². The largest absolute Gasteiger partial charge is 0.504 e. The summed E-state index contributed by atoms with van der Waals surface area (Å²) in [5.41, 5.74) is 1.58. The van der Waals surface area contributed by atoms with E-state index in [4.69, 9.17) is 0 Å². The van der Waals surface area contributed by atoms with E-state index < -0.39 is 9.84 Å². The summed E-state index contributed by atoms with van der Waals surface area (Å²) in [6.45, 7) is 2.06. The van der Waals surface area contributed by atoms with Crippen LogP contribution in [0.2, 0.25) is 0 Å². The van der Waals surface area contributed by atoms with Gasteiger partial charge in [0.15, 0.2) is 21.3 Å². The van der Waals surface area contributed by atoms with E-state index in [-0.39, 0.29) is 17.3 Å². The third-order valence-corrected chi connectivity index (χ3v) is 4.88. The standard InChI is InChI=1S/C15H17NO4S/c1-2-21(19,20)13-6-4-12(5-7-13)16-10-11-3-8-14(17)15(18)9-11/h3-9,16-18H,2,10H2,1H3. The van der Waals surface area contributed by atoms with Gasteiger partial charge in [-0.25, -0.2) is 8.42 Å². The maximum atomic E-state index is 11.7. The number of anilines is 1. The van der Waals surface area contributed by atoms with E-state index in [1.54, 1.807) is 37.3 Å². The van der Waals surface area contributed by atoms with Crippen molar-refractivity contribution in [2.75, 3.05) is 11.1 Å². The Kier molecular flexibility index (Phi) is 4.37. The highest BCUT2D eigenvalue weighted by Gasteiger charge is 2.10. The number of rotatable bonds is 5. The molecule has 0 amide bonds. The summed E-state index contributed by atoms with van der Waals surface area (Å²) in [5.74, 6) is -0.251. The van der Waals surface area contributed by atoms with Crippen LogP contribution < -0.4 is 5.32 Å². The average Bonchev–Trinajstić information content (AvgIpc) is 2.49. The maximum Gasteiger partial charge on any atom is 0.178 e. The zero-order valence-corrected chi connectivity index (χ0v) is 12.4. The fourth-order valence-corrected chi connectivity index (χ4v) is 2.71. The van der Waals surface area contributed by atoms with Crippen LogP contribution in [-0.2, 0) is 16.4 Å². The zero-order chi connectivity index (χ0) is 15.5. The molecule has 0 radical (unpaired) electrons. The summed E-state index contributed by atoms with van der Waals surface area (Å²) in [5, 5.41) is 21.8. The quantitative estimate of drug-likeness (QED) is 0.739. The van der Waals surface area contributed by atoms with Crippen molar-refractivity contribution in [3.63, 3.8) is 0 Å². The number of phenolic OH excluding ortho intramolecular Hbond substituents is 2.